The van der Waals surface area contributed by atoms with Gasteiger partial charge in [-0.3, -0.25) is 0 Å². The molecule has 0 spiro atoms. The summed E-state index contributed by atoms with van der Waals surface area (Å²) in [6.07, 6.45) is 0. The third-order valence-corrected chi connectivity index (χ3v) is 5.82. The van der Waals surface area contributed by atoms with Gasteiger partial charge in [-0.25, -0.2) is 9.97 Å². The molecule has 128 valence electrons. The van der Waals surface area contributed by atoms with Gasteiger partial charge in [0.05, 0.1) is 15.5 Å². The number of aliphatic hydroxyl groups is 1. The van der Waals surface area contributed by atoms with E-state index in [2.05, 4.69) is 16.0 Å². The summed E-state index contributed by atoms with van der Waals surface area (Å²) in [6.45, 7) is 1.81. The molecule has 4 rings (SSSR count). The maximum absolute atomic E-state index is 10.6. The second-order valence-electron chi connectivity index (χ2n) is 5.57. The van der Waals surface area contributed by atoms with E-state index in [1.54, 1.807) is 6.92 Å². The highest BCUT2D eigenvalue weighted by Crippen LogP contribution is 2.34. The Balaban J connectivity index is 1.66. The summed E-state index contributed by atoms with van der Waals surface area (Å²) in [5.41, 5.74) is 2.45. The Hall–Kier alpha value is -2.82. The predicted molar refractivity (Wildman–Crippen MR) is 104 cm³/mol. The molecule has 1 atom stereocenters. The minimum absolute atomic E-state index is 0.0289. The standard InChI is InChI=1S/C19H13N3O2S2/c1-11(25-19-22-13-6-2-4-8-15(13)24-19)17(23)12(10-20)18-21-14-7-3-5-9-16(14)26-18/h2-9,11,23H,1H3/b17-12-. The first-order valence-corrected chi connectivity index (χ1v) is 9.56. The number of fused-ring (bicyclic) bond motifs is 2. The minimum atomic E-state index is -0.398. The molecular weight excluding hydrogens is 366 g/mol. The van der Waals surface area contributed by atoms with Gasteiger partial charge < -0.3 is 9.52 Å². The Morgan fingerprint density at radius 1 is 1.15 bits per heavy atom. The fourth-order valence-corrected chi connectivity index (χ4v) is 4.30. The topological polar surface area (TPSA) is 82.9 Å². The Labute approximate surface area is 157 Å². The number of hydrogen-bond donors (Lipinski definition) is 1. The minimum Gasteiger partial charge on any atom is -0.510 e. The van der Waals surface area contributed by atoms with Crippen molar-refractivity contribution in [2.24, 2.45) is 0 Å². The van der Waals surface area contributed by atoms with Crippen molar-refractivity contribution in [3.8, 4) is 6.07 Å². The first kappa shape index (κ1) is 16.6. The second-order valence-corrected chi connectivity index (χ2v) is 7.89. The highest BCUT2D eigenvalue weighted by molar-refractivity contribution is 7.99. The van der Waals surface area contributed by atoms with Gasteiger partial charge in [0.25, 0.3) is 5.22 Å². The van der Waals surface area contributed by atoms with Crippen LogP contribution in [0, 0.1) is 11.3 Å². The van der Waals surface area contributed by atoms with Crippen LogP contribution in [-0.2, 0) is 0 Å². The van der Waals surface area contributed by atoms with E-state index in [9.17, 15) is 10.4 Å². The molecule has 0 saturated carbocycles. The molecule has 0 aliphatic heterocycles. The number of aromatic nitrogens is 2. The van der Waals surface area contributed by atoms with Crippen molar-refractivity contribution < 1.29 is 9.52 Å². The summed E-state index contributed by atoms with van der Waals surface area (Å²) < 4.78 is 6.65. The molecule has 0 radical (unpaired) electrons. The molecule has 0 bridgehead atoms. The average molecular weight is 379 g/mol. The third kappa shape index (κ3) is 3.05. The SMILES string of the molecule is CC(Sc1nc2ccccc2o1)/C(O)=C(\C#N)c1nc2ccccc2s1. The van der Waals surface area contributed by atoms with E-state index < -0.39 is 5.25 Å². The lowest BCUT2D eigenvalue weighted by Crippen LogP contribution is -2.03. The van der Waals surface area contributed by atoms with E-state index in [0.717, 1.165) is 15.7 Å². The van der Waals surface area contributed by atoms with Crippen LogP contribution in [-0.4, -0.2) is 20.3 Å². The third-order valence-electron chi connectivity index (χ3n) is 3.81. The molecule has 7 heteroatoms. The lowest BCUT2D eigenvalue weighted by Gasteiger charge is -2.08. The van der Waals surface area contributed by atoms with E-state index in [4.69, 9.17) is 4.42 Å². The summed E-state index contributed by atoms with van der Waals surface area (Å²) >= 11 is 2.65. The van der Waals surface area contributed by atoms with Gasteiger partial charge in [0.15, 0.2) is 5.58 Å². The molecule has 0 fully saturated rings. The van der Waals surface area contributed by atoms with Crippen LogP contribution in [0.2, 0.25) is 0 Å². The van der Waals surface area contributed by atoms with Crippen LogP contribution in [0.4, 0.5) is 0 Å². The van der Waals surface area contributed by atoms with Crippen molar-refractivity contribution in [2.75, 3.05) is 0 Å². The number of para-hydroxylation sites is 3. The van der Waals surface area contributed by atoms with Gasteiger partial charge in [-0.1, -0.05) is 36.0 Å². The average Bonchev–Trinajstić information content (AvgIpc) is 3.25. The van der Waals surface area contributed by atoms with E-state index in [0.29, 0.717) is 15.8 Å². The molecule has 0 amide bonds. The van der Waals surface area contributed by atoms with Crippen LogP contribution in [0.5, 0.6) is 0 Å². The van der Waals surface area contributed by atoms with E-state index >= 15 is 0 Å². The van der Waals surface area contributed by atoms with Crippen LogP contribution in [0.3, 0.4) is 0 Å². The molecule has 1 unspecified atom stereocenters. The number of thioether (sulfide) groups is 1. The summed E-state index contributed by atoms with van der Waals surface area (Å²) in [6, 6.07) is 17.2. The molecule has 2 heterocycles. The first-order valence-electron chi connectivity index (χ1n) is 7.87. The van der Waals surface area contributed by atoms with Gasteiger partial charge in [0.2, 0.25) is 0 Å². The fraction of sp³-hybridized carbons (Fsp3) is 0.105. The van der Waals surface area contributed by atoms with Gasteiger partial charge in [-0.05, 0) is 31.2 Å². The van der Waals surface area contributed by atoms with E-state index in [1.807, 2.05) is 48.5 Å². The first-order chi connectivity index (χ1) is 12.7. The molecule has 0 saturated heterocycles. The molecule has 0 aliphatic carbocycles. The lowest BCUT2D eigenvalue weighted by molar-refractivity contribution is 0.400. The maximum Gasteiger partial charge on any atom is 0.257 e. The fourth-order valence-electron chi connectivity index (χ4n) is 2.51. The Kier molecular flexibility index (Phi) is 4.37. The molecule has 2 aromatic carbocycles. The second kappa shape index (κ2) is 6.83. The molecule has 26 heavy (non-hydrogen) atoms. The molecule has 0 aliphatic rings. The Morgan fingerprint density at radius 2 is 1.88 bits per heavy atom. The van der Waals surface area contributed by atoms with Crippen molar-refractivity contribution in [1.29, 1.82) is 5.26 Å². The highest BCUT2D eigenvalue weighted by atomic mass is 32.2. The van der Waals surface area contributed by atoms with Gasteiger partial charge in [0.1, 0.15) is 27.9 Å². The number of aliphatic hydroxyl groups excluding tert-OH is 1. The van der Waals surface area contributed by atoms with Crippen molar-refractivity contribution >= 4 is 50.0 Å². The van der Waals surface area contributed by atoms with Gasteiger partial charge in [-0.15, -0.1) is 11.3 Å². The molecule has 4 aromatic rings. The summed E-state index contributed by atoms with van der Waals surface area (Å²) in [7, 11) is 0. The summed E-state index contributed by atoms with van der Waals surface area (Å²) in [5.74, 6) is -0.0289. The van der Waals surface area contributed by atoms with Crippen molar-refractivity contribution in [3.63, 3.8) is 0 Å². The van der Waals surface area contributed by atoms with Gasteiger partial charge in [0, 0.05) is 0 Å². The van der Waals surface area contributed by atoms with Crippen molar-refractivity contribution in [2.45, 2.75) is 17.4 Å². The van der Waals surface area contributed by atoms with Crippen LogP contribution < -0.4 is 0 Å². The van der Waals surface area contributed by atoms with E-state index in [-0.39, 0.29) is 11.3 Å². The largest absolute Gasteiger partial charge is 0.510 e. The van der Waals surface area contributed by atoms with Crippen molar-refractivity contribution in [1.82, 2.24) is 9.97 Å². The Morgan fingerprint density at radius 3 is 2.62 bits per heavy atom. The zero-order valence-corrected chi connectivity index (χ0v) is 15.3. The lowest BCUT2D eigenvalue weighted by atomic mass is 10.2. The van der Waals surface area contributed by atoms with Crippen molar-refractivity contribution in [3.05, 3.63) is 59.3 Å². The zero-order valence-electron chi connectivity index (χ0n) is 13.7. The smallest absolute Gasteiger partial charge is 0.257 e. The number of benzene rings is 2. The molecule has 1 N–H and O–H groups in total. The van der Waals surface area contributed by atoms with Gasteiger partial charge in [-0.2, -0.15) is 5.26 Å². The quantitative estimate of drug-likeness (QED) is 0.290. The summed E-state index contributed by atoms with van der Waals surface area (Å²) in [4.78, 5) is 8.85. The van der Waals surface area contributed by atoms with Crippen LogP contribution >= 0.6 is 23.1 Å². The van der Waals surface area contributed by atoms with Crippen LogP contribution in [0.15, 0.2) is 63.9 Å². The number of rotatable bonds is 4. The monoisotopic (exact) mass is 379 g/mol. The van der Waals surface area contributed by atoms with Crippen LogP contribution in [0.1, 0.15) is 11.9 Å². The number of thiazole rings is 1. The normalized spacial score (nSPS) is 13.5. The molecule has 2 aromatic heterocycles. The Bertz CT molecular complexity index is 1100. The summed E-state index contributed by atoms with van der Waals surface area (Å²) in [5, 5.41) is 20.7. The number of allylic oxidation sites excluding steroid dienone is 1. The van der Waals surface area contributed by atoms with E-state index in [1.165, 1.54) is 23.1 Å². The van der Waals surface area contributed by atoms with Gasteiger partial charge >= 0.3 is 0 Å². The van der Waals surface area contributed by atoms with Crippen LogP contribution in [0.25, 0.3) is 26.9 Å². The zero-order chi connectivity index (χ0) is 18.1. The highest BCUT2D eigenvalue weighted by Gasteiger charge is 2.21. The maximum atomic E-state index is 10.6. The molecular formula is C19H13N3O2S2. The predicted octanol–water partition coefficient (Wildman–Crippen LogP) is 5.41. The number of oxazole rings is 1. The number of nitrogens with zero attached hydrogens (tertiary/aromatic N) is 3. The molecule has 5 nitrogen and oxygen atoms in total. The number of hydrogen-bond acceptors (Lipinski definition) is 7. The number of nitriles is 1.